The quantitative estimate of drug-likeness (QED) is 0.0157. The van der Waals surface area contributed by atoms with Crippen LogP contribution in [-0.4, -0.2) is 601 Å². The molecule has 0 atom stereocenters. The van der Waals surface area contributed by atoms with Crippen LogP contribution in [0, 0.1) is 11.6 Å². The van der Waals surface area contributed by atoms with Crippen LogP contribution in [0.5, 0.6) is 11.5 Å². The summed E-state index contributed by atoms with van der Waals surface area (Å²) in [5, 5.41) is 0. The second-order valence-electron chi connectivity index (χ2n) is 30.7. The summed E-state index contributed by atoms with van der Waals surface area (Å²) in [5.74, 6) is -6.33. The largest absolute Gasteiger partial charge is 0.494 e. The fourth-order valence-corrected chi connectivity index (χ4v) is 16.9. The lowest BCUT2D eigenvalue weighted by atomic mass is 8.20. The molecule has 11 nitrogen and oxygen atoms in total. The van der Waals surface area contributed by atoms with Crippen molar-refractivity contribution in [1.29, 1.82) is 0 Å². The van der Waals surface area contributed by atoms with Crippen LogP contribution in [-0.2, 0) is 38.1 Å². The third-order valence-electron chi connectivity index (χ3n) is 21.2. The van der Waals surface area contributed by atoms with E-state index in [1.807, 2.05) is 0 Å². The molecule has 0 unspecified atom stereocenters. The fourth-order valence-electron chi connectivity index (χ4n) is 16.9. The second-order valence-corrected chi connectivity index (χ2v) is 30.7. The molecule has 90 heteroatoms. The number of cyclic esters (lactones) is 4. The Labute approximate surface area is 772 Å². The smallest absolute Gasteiger partial charge is 0.348 e. The summed E-state index contributed by atoms with van der Waals surface area (Å²) >= 11 is 0. The van der Waals surface area contributed by atoms with Crippen molar-refractivity contribution in [3.05, 3.63) is 64.7 Å². The Morgan fingerprint density at radius 2 is 0.525 bits per heavy atom. The van der Waals surface area contributed by atoms with Gasteiger partial charge in [0.25, 0.3) is 11.6 Å². The molecule has 79 radical (unpaired) electrons. The number of hydrogen-bond donors (Lipinski definition) is 0. The van der Waals surface area contributed by atoms with Gasteiger partial charge >= 0.3 is 23.9 Å². The molecule has 118 heavy (non-hydrogen) atoms. The fraction of sp³-hybridized carbons (Fsp3) is 0.321. The van der Waals surface area contributed by atoms with Crippen molar-refractivity contribution in [1.82, 2.24) is 0 Å². The number of carbonyl (C=O) groups excluding carboxylic acids is 5. The SMILES string of the molecule is CC1(C)OC(=O)CC(=O)O1.COc1cccc(C=C2C(=O)OC(C)(C)OC2=O)c1F.COc1cccc(C=O)c1F.[B][B]B(B([B])[B])B(B(B([B])[B])B([B])[B])B(B(B(B([B])[B])B([B])[B])B(B([B])[B])B([B])[B])B(B(B(B([B])[B])B([B])[B])B(B([B])[B])B([B])[B])B(B(B(B([B])[B])B([B])[B])B(B([B])[B])B([B])[B])B(B(B([B])[B])B([B])[B])B(B([B])[B])B([B])[B]. The highest BCUT2D eigenvalue weighted by atomic mass is 19.1. The van der Waals surface area contributed by atoms with Gasteiger partial charge in [0.05, 0.1) is 19.8 Å². The summed E-state index contributed by atoms with van der Waals surface area (Å²) in [6.45, 7) is 5.90. The molecule has 0 aromatic heterocycles. The Balaban J connectivity index is 0.00000134. The molecule has 0 saturated carbocycles. The molecule has 0 amide bonds. The Hall–Kier alpha value is 0.190. The van der Waals surface area contributed by atoms with Gasteiger partial charge in [0.1, 0.15) is 12.0 Å². The molecule has 2 aliphatic rings. The Morgan fingerprint density at radius 1 is 0.322 bits per heavy atom. The average molecular weight is 1410 g/mol. The van der Waals surface area contributed by atoms with Gasteiger partial charge in [0, 0.05) is 578 Å². The zero-order chi connectivity index (χ0) is 92.0. The van der Waals surface area contributed by atoms with Crippen LogP contribution in [0.4, 0.5) is 8.78 Å². The molecule has 2 aromatic carbocycles. The molecular formula is C28H28B77F2O11. The second kappa shape index (κ2) is 53.4. The third kappa shape index (κ3) is 33.0. The van der Waals surface area contributed by atoms with Crippen LogP contribution in [0.25, 0.3) is 6.08 Å². The Morgan fingerprint density at radius 3 is 0.729 bits per heavy atom. The van der Waals surface area contributed by atoms with Gasteiger partial charge in [-0.1, -0.05) is 18.2 Å². The molecule has 2 fully saturated rings. The molecule has 2 saturated heterocycles. The van der Waals surface area contributed by atoms with Gasteiger partial charge in [-0.15, -0.1) is 0 Å². The van der Waals surface area contributed by atoms with Crippen LogP contribution in [0.3, 0.4) is 0 Å². The number of rotatable bonds is 41. The zero-order valence-electron chi connectivity index (χ0n) is 67.5. The summed E-state index contributed by atoms with van der Waals surface area (Å²) in [5.41, 5.74) is -0.311. The van der Waals surface area contributed by atoms with Gasteiger partial charge in [-0.25, -0.2) is 18.4 Å². The Bertz CT molecular complexity index is 3150. The van der Waals surface area contributed by atoms with Crippen molar-refractivity contribution in [2.45, 2.75) is 45.7 Å². The van der Waals surface area contributed by atoms with Crippen LogP contribution in [0.15, 0.2) is 42.0 Å². The molecule has 0 N–H and O–H groups in total. The van der Waals surface area contributed by atoms with E-state index in [2.05, 4.69) is 14.2 Å². The number of methoxy groups -OCH3 is 2. The first-order valence-electron chi connectivity index (χ1n) is 37.2. The molecule has 451 valence electrons. The van der Waals surface area contributed by atoms with E-state index in [-0.39, 0.29) is 34.6 Å². The topological polar surface area (TPSA) is 141 Å². The number of hydrogen-bond acceptors (Lipinski definition) is 11. The van der Waals surface area contributed by atoms with E-state index in [1.165, 1.54) is 72.2 Å². The zero-order valence-corrected chi connectivity index (χ0v) is 67.5. The highest BCUT2D eigenvalue weighted by molar-refractivity contribution is 8.41. The van der Waals surface area contributed by atoms with Crippen LogP contribution >= 0.6 is 0 Å². The van der Waals surface area contributed by atoms with Crippen LogP contribution in [0.2, 0.25) is 0 Å². The van der Waals surface area contributed by atoms with E-state index < -0.39 is 283 Å². The predicted octanol–water partition coefficient (Wildman–Crippen LogP) is -25.4. The average Bonchev–Trinajstić information content (AvgIpc) is 0.715. The first-order valence-corrected chi connectivity index (χ1v) is 37.2. The molecular weight excluding hydrogens is 1380 g/mol. The summed E-state index contributed by atoms with van der Waals surface area (Å²) in [4.78, 5) is 54.8. The van der Waals surface area contributed by atoms with E-state index in [9.17, 15) is 32.8 Å². The van der Waals surface area contributed by atoms with Crippen LogP contribution < -0.4 is 9.47 Å². The number of esters is 4. The van der Waals surface area contributed by atoms with Crippen molar-refractivity contribution in [2.75, 3.05) is 14.2 Å². The first-order chi connectivity index (χ1) is 54.2. The van der Waals surface area contributed by atoms with Crippen molar-refractivity contribution >= 4 is 581 Å². The standard InChI is InChI=1S/C14H13FO5.C8H7FO2.C6H8O4.B77/c1-14(2)19-12(16)9(13(17)20-14)7-8-5-4-6-10(18-3)11(8)15;1-11-7-4-2-3-6(5-10)8(7)9;1-6(2)9-4(7)3-5(8)10-6;1-40-60(41(2)3)70(61(42(4)5)43(6)7)75(71(62(44(8)9)45(10)11)63(46(12)13)47(14)15)77(74(68(56(32)33)57(34)35)69(58(36)37)59(38)39)76(72(64(48(16)17)49(18)19)65(50(20)21)51(22)23)73(66(52(24)25)53(26)27)67(54(28)29)55(30)31/h4-7H,1-3H3;2-5H,1H3;3H2,1-2H3;. The summed E-state index contributed by atoms with van der Waals surface area (Å²) in [6.07, 6.45) is -58.8. The molecule has 0 bridgehead atoms. The molecule has 2 heterocycles. The minimum atomic E-state index is -1.84. The van der Waals surface area contributed by atoms with E-state index in [1.54, 1.807) is 6.07 Å². The van der Waals surface area contributed by atoms with Crippen LogP contribution in [0.1, 0.15) is 50.0 Å². The molecule has 0 spiro atoms. The van der Waals surface area contributed by atoms with Crippen molar-refractivity contribution in [2.24, 2.45) is 0 Å². The van der Waals surface area contributed by atoms with Crippen molar-refractivity contribution < 1.29 is 61.2 Å². The maximum Gasteiger partial charge on any atom is 0.348 e. The lowest BCUT2D eigenvalue weighted by Gasteiger charge is -2.61. The summed E-state index contributed by atoms with van der Waals surface area (Å²) < 4.78 is 55.5. The molecule has 2 aliphatic heterocycles. The number of aldehydes is 1. The number of halogens is 2. The molecule has 0 aliphatic carbocycles. The van der Waals surface area contributed by atoms with Gasteiger partial charge in [0.15, 0.2) is 29.4 Å². The third-order valence-corrected chi connectivity index (χ3v) is 21.2. The summed E-state index contributed by atoms with van der Waals surface area (Å²) in [7, 11) is 270. The van der Waals surface area contributed by atoms with Crippen molar-refractivity contribution in [3.8, 4) is 11.5 Å². The van der Waals surface area contributed by atoms with E-state index in [4.69, 9.17) is 316 Å². The normalized spacial score (nSPS) is 12.2. The number of carbonyl (C=O) groups is 5. The van der Waals surface area contributed by atoms with Gasteiger partial charge in [-0.3, -0.25) is 14.4 Å². The maximum absolute atomic E-state index is 14.0. The minimum absolute atomic E-state index is 0.0113. The van der Waals surface area contributed by atoms with Gasteiger partial charge in [-0.2, -0.15) is 0 Å². The van der Waals surface area contributed by atoms with Gasteiger partial charge in [-0.05, 0) is 24.3 Å². The van der Waals surface area contributed by atoms with E-state index in [0.717, 1.165) is 13.1 Å². The first kappa shape index (κ1) is 116. The Kier molecular flexibility index (Phi) is 52.5. The number of benzene rings is 2. The van der Waals surface area contributed by atoms with Crippen molar-refractivity contribution in [3.63, 3.8) is 0 Å². The minimum Gasteiger partial charge on any atom is -0.494 e. The van der Waals surface area contributed by atoms with E-state index >= 15 is 0 Å². The van der Waals surface area contributed by atoms with Gasteiger partial charge < -0.3 is 28.4 Å². The lowest BCUT2D eigenvalue weighted by molar-refractivity contribution is -0.231. The summed E-state index contributed by atoms with van der Waals surface area (Å²) in [6, 6.07) is 8.79. The highest BCUT2D eigenvalue weighted by Gasteiger charge is 2.66. The highest BCUT2D eigenvalue weighted by Crippen LogP contribution is 2.31. The number of ether oxygens (including phenoxy) is 6. The molecule has 2 aromatic rings. The van der Waals surface area contributed by atoms with E-state index in [0.29, 0.717) is 6.29 Å². The lowest BCUT2D eigenvalue weighted by Crippen LogP contribution is -2.99. The molecule has 4 rings (SSSR count). The monoisotopic (exact) mass is 1430 g/mol. The predicted molar refractivity (Wildman–Crippen MR) is 579 cm³/mol. The maximum atomic E-state index is 14.0. The van der Waals surface area contributed by atoms with Gasteiger partial charge in [0.2, 0.25) is 0 Å².